The quantitative estimate of drug-likeness (QED) is 0.484. The zero-order valence-corrected chi connectivity index (χ0v) is 16.2. The van der Waals surface area contributed by atoms with Gasteiger partial charge in [0.1, 0.15) is 0 Å². The molecule has 27 heavy (non-hydrogen) atoms. The molecule has 0 amide bonds. The molecule has 3 heterocycles. The summed E-state index contributed by atoms with van der Waals surface area (Å²) in [6.07, 6.45) is 1.36. The number of Topliss-reactive ketones (excluding diaryl/α,β-unsaturated/α-hetero) is 1. The molecular formula is C20H20N2O4S. The fourth-order valence-corrected chi connectivity index (χ4v) is 3.71. The molecule has 0 bridgehead atoms. The number of carbonyl (C=O) groups excluding carboxylic acids is 2. The summed E-state index contributed by atoms with van der Waals surface area (Å²) in [6.45, 7) is 4.44. The molecule has 140 valence electrons. The maximum atomic E-state index is 12.8. The van der Waals surface area contributed by atoms with Gasteiger partial charge in [-0.1, -0.05) is 6.07 Å². The summed E-state index contributed by atoms with van der Waals surface area (Å²) in [5.41, 5.74) is 2.32. The number of pyridine rings is 1. The van der Waals surface area contributed by atoms with Crippen LogP contribution in [-0.4, -0.2) is 28.0 Å². The van der Waals surface area contributed by atoms with E-state index in [0.717, 1.165) is 11.4 Å². The van der Waals surface area contributed by atoms with Gasteiger partial charge < -0.3 is 13.9 Å². The van der Waals surface area contributed by atoms with Crippen molar-refractivity contribution in [3.05, 3.63) is 79.7 Å². The van der Waals surface area contributed by atoms with Crippen molar-refractivity contribution < 1.29 is 14.3 Å². The summed E-state index contributed by atoms with van der Waals surface area (Å²) in [5, 5.41) is 2.02. The van der Waals surface area contributed by atoms with Crippen LogP contribution in [-0.2, 0) is 17.8 Å². The zero-order chi connectivity index (χ0) is 19.6. The fraction of sp³-hybridized carbons (Fsp3) is 0.250. The Morgan fingerprint density at radius 1 is 1.19 bits per heavy atom. The monoisotopic (exact) mass is 384 g/mol. The van der Waals surface area contributed by atoms with E-state index in [1.54, 1.807) is 11.3 Å². The van der Waals surface area contributed by atoms with Crippen molar-refractivity contribution in [1.82, 2.24) is 9.13 Å². The van der Waals surface area contributed by atoms with Crippen LogP contribution in [0.3, 0.4) is 0 Å². The van der Waals surface area contributed by atoms with Crippen LogP contribution < -0.4 is 5.56 Å². The summed E-state index contributed by atoms with van der Waals surface area (Å²) in [5.74, 6) is -0.727. The lowest BCUT2D eigenvalue weighted by molar-refractivity contribution is 0.0599. The number of nitrogens with zero attached hydrogens (tertiary/aromatic N) is 2. The number of hydrogen-bond donors (Lipinski definition) is 0. The predicted molar refractivity (Wildman–Crippen MR) is 104 cm³/mol. The van der Waals surface area contributed by atoms with Crippen LogP contribution in [0, 0.1) is 13.8 Å². The van der Waals surface area contributed by atoms with Gasteiger partial charge in [-0.15, -0.1) is 11.3 Å². The average Bonchev–Trinajstić information content (AvgIpc) is 3.26. The summed E-state index contributed by atoms with van der Waals surface area (Å²) in [7, 11) is 1.27. The standard InChI is InChI=1S/C20H20N2O4S/c1-13-9-17(14(2)22(13)11-16-5-4-8-27-16)18(23)12-21-10-15(20(25)26-3)6-7-19(21)24/h4-10H,11-12H2,1-3H3. The van der Waals surface area contributed by atoms with Gasteiger partial charge in [0.25, 0.3) is 5.56 Å². The van der Waals surface area contributed by atoms with Crippen LogP contribution in [0.25, 0.3) is 0 Å². The van der Waals surface area contributed by atoms with Crippen LogP contribution in [0.15, 0.2) is 46.7 Å². The maximum absolute atomic E-state index is 12.8. The number of esters is 1. The van der Waals surface area contributed by atoms with E-state index >= 15 is 0 Å². The highest BCUT2D eigenvalue weighted by molar-refractivity contribution is 7.09. The molecule has 3 aromatic rings. The minimum Gasteiger partial charge on any atom is -0.465 e. The molecule has 0 N–H and O–H groups in total. The first-order valence-electron chi connectivity index (χ1n) is 8.42. The third kappa shape index (κ3) is 3.93. The minimum atomic E-state index is -0.551. The Kier molecular flexibility index (Phi) is 5.41. The molecule has 0 saturated heterocycles. The molecule has 3 aromatic heterocycles. The van der Waals surface area contributed by atoms with E-state index in [-0.39, 0.29) is 23.5 Å². The van der Waals surface area contributed by atoms with E-state index in [2.05, 4.69) is 15.4 Å². The number of aromatic nitrogens is 2. The van der Waals surface area contributed by atoms with Gasteiger partial charge >= 0.3 is 5.97 Å². The molecule has 0 aliphatic rings. The van der Waals surface area contributed by atoms with E-state index in [0.29, 0.717) is 12.1 Å². The van der Waals surface area contributed by atoms with E-state index in [4.69, 9.17) is 0 Å². The maximum Gasteiger partial charge on any atom is 0.339 e. The molecule has 7 heteroatoms. The summed E-state index contributed by atoms with van der Waals surface area (Å²) >= 11 is 1.67. The third-order valence-electron chi connectivity index (χ3n) is 4.49. The smallest absolute Gasteiger partial charge is 0.339 e. The molecule has 0 spiro atoms. The van der Waals surface area contributed by atoms with E-state index in [1.807, 2.05) is 31.4 Å². The summed E-state index contributed by atoms with van der Waals surface area (Å²) in [4.78, 5) is 37.8. The first-order valence-corrected chi connectivity index (χ1v) is 9.29. The van der Waals surface area contributed by atoms with Gasteiger partial charge in [-0.05, 0) is 37.4 Å². The van der Waals surface area contributed by atoms with Gasteiger partial charge in [0.05, 0.1) is 25.8 Å². The Hall–Kier alpha value is -2.93. The number of thiophene rings is 1. The fourth-order valence-electron chi connectivity index (χ4n) is 3.02. The highest BCUT2D eigenvalue weighted by Crippen LogP contribution is 2.20. The van der Waals surface area contributed by atoms with Crippen LogP contribution >= 0.6 is 11.3 Å². The van der Waals surface area contributed by atoms with Crippen molar-refractivity contribution in [3.8, 4) is 0 Å². The van der Waals surface area contributed by atoms with E-state index < -0.39 is 5.97 Å². The second-order valence-electron chi connectivity index (χ2n) is 6.25. The van der Waals surface area contributed by atoms with Gasteiger partial charge in [-0.3, -0.25) is 9.59 Å². The molecule has 0 aliphatic carbocycles. The number of carbonyl (C=O) groups is 2. The van der Waals surface area contributed by atoms with Gasteiger partial charge in [-0.25, -0.2) is 4.79 Å². The second kappa shape index (κ2) is 7.75. The third-order valence-corrected chi connectivity index (χ3v) is 5.35. The van der Waals surface area contributed by atoms with Crippen LogP contribution in [0.5, 0.6) is 0 Å². The number of ether oxygens (including phenoxy) is 1. The van der Waals surface area contributed by atoms with Crippen molar-refractivity contribution in [2.45, 2.75) is 26.9 Å². The van der Waals surface area contributed by atoms with Crippen LogP contribution in [0.4, 0.5) is 0 Å². The van der Waals surface area contributed by atoms with Crippen molar-refractivity contribution in [2.24, 2.45) is 0 Å². The van der Waals surface area contributed by atoms with Gasteiger partial charge in [0, 0.05) is 34.1 Å². The lowest BCUT2D eigenvalue weighted by Gasteiger charge is -2.09. The van der Waals surface area contributed by atoms with Gasteiger partial charge in [-0.2, -0.15) is 0 Å². The number of hydrogen-bond acceptors (Lipinski definition) is 5. The molecule has 6 nitrogen and oxygen atoms in total. The first-order chi connectivity index (χ1) is 12.9. The number of rotatable bonds is 6. The highest BCUT2D eigenvalue weighted by atomic mass is 32.1. The number of methoxy groups -OCH3 is 1. The molecule has 0 aliphatic heterocycles. The van der Waals surface area contributed by atoms with Crippen molar-refractivity contribution in [1.29, 1.82) is 0 Å². The molecule has 0 aromatic carbocycles. The molecule has 3 rings (SSSR count). The molecular weight excluding hydrogens is 364 g/mol. The predicted octanol–water partition coefficient (Wildman–Crippen LogP) is 3.05. The van der Waals surface area contributed by atoms with E-state index in [9.17, 15) is 14.4 Å². The lowest BCUT2D eigenvalue weighted by atomic mass is 10.1. The largest absolute Gasteiger partial charge is 0.465 e. The Bertz CT molecular complexity index is 1040. The van der Waals surface area contributed by atoms with Crippen LogP contribution in [0.1, 0.15) is 37.0 Å². The van der Waals surface area contributed by atoms with Crippen molar-refractivity contribution in [2.75, 3.05) is 7.11 Å². The molecule has 0 saturated carbocycles. The first kappa shape index (κ1) is 18.8. The Balaban J connectivity index is 1.87. The molecule has 0 unspecified atom stereocenters. The molecule has 0 fully saturated rings. The lowest BCUT2D eigenvalue weighted by Crippen LogP contribution is -2.24. The minimum absolute atomic E-state index is 0.132. The zero-order valence-electron chi connectivity index (χ0n) is 15.4. The van der Waals surface area contributed by atoms with Gasteiger partial charge in [0.15, 0.2) is 5.78 Å². The molecule has 0 atom stereocenters. The molecule has 0 radical (unpaired) electrons. The SMILES string of the molecule is COC(=O)c1ccc(=O)n(CC(=O)c2cc(C)n(Cc3cccs3)c2C)c1. The van der Waals surface area contributed by atoms with E-state index in [1.165, 1.54) is 34.9 Å². The topological polar surface area (TPSA) is 70.3 Å². The Labute approximate surface area is 160 Å². The summed E-state index contributed by atoms with van der Waals surface area (Å²) < 4.78 is 7.99. The average molecular weight is 384 g/mol. The number of ketones is 1. The Morgan fingerprint density at radius 2 is 1.96 bits per heavy atom. The summed E-state index contributed by atoms with van der Waals surface area (Å²) in [6, 6.07) is 8.56. The second-order valence-corrected chi connectivity index (χ2v) is 7.28. The Morgan fingerprint density at radius 3 is 2.63 bits per heavy atom. The normalized spacial score (nSPS) is 10.8. The van der Waals surface area contributed by atoms with Crippen molar-refractivity contribution >= 4 is 23.1 Å². The van der Waals surface area contributed by atoms with Crippen LogP contribution in [0.2, 0.25) is 0 Å². The van der Waals surface area contributed by atoms with Gasteiger partial charge in [0.2, 0.25) is 0 Å². The van der Waals surface area contributed by atoms with Crippen molar-refractivity contribution in [3.63, 3.8) is 0 Å². The number of aryl methyl sites for hydroxylation is 1. The highest BCUT2D eigenvalue weighted by Gasteiger charge is 2.17.